The highest BCUT2D eigenvalue weighted by Crippen LogP contribution is 2.44. The van der Waals surface area contributed by atoms with E-state index in [1.807, 2.05) is 36.4 Å². The van der Waals surface area contributed by atoms with E-state index in [2.05, 4.69) is 26.6 Å². The van der Waals surface area contributed by atoms with Crippen molar-refractivity contribution in [3.05, 3.63) is 102 Å². The average Bonchev–Trinajstić information content (AvgIpc) is 2.94. The van der Waals surface area contributed by atoms with Gasteiger partial charge in [-0.3, -0.25) is 9.52 Å². The van der Waals surface area contributed by atoms with E-state index in [9.17, 15) is 13.2 Å². The van der Waals surface area contributed by atoms with Gasteiger partial charge in [-0.25, -0.2) is 13.8 Å². The van der Waals surface area contributed by atoms with E-state index in [0.29, 0.717) is 17.1 Å². The number of para-hydroxylation sites is 1. The Balaban J connectivity index is 1.28. The molecule has 0 saturated carbocycles. The van der Waals surface area contributed by atoms with Crippen LogP contribution in [-0.2, 0) is 10.0 Å². The molecule has 5 rings (SSSR count). The maximum atomic E-state index is 12.9. The molecule has 4 aromatic carbocycles. The topological polar surface area (TPSA) is 109 Å². The van der Waals surface area contributed by atoms with Gasteiger partial charge in [0.05, 0.1) is 29.1 Å². The van der Waals surface area contributed by atoms with Crippen LogP contribution in [0.2, 0.25) is 0 Å². The summed E-state index contributed by atoms with van der Waals surface area (Å²) in [5, 5.41) is 7.68. The molecule has 192 valence electrons. The van der Waals surface area contributed by atoms with Gasteiger partial charge in [0.15, 0.2) is 0 Å². The van der Waals surface area contributed by atoms with Crippen molar-refractivity contribution >= 4 is 50.5 Å². The minimum absolute atomic E-state index is 0.0415. The molecule has 1 heterocycles. The Morgan fingerprint density at radius 1 is 0.868 bits per heavy atom. The van der Waals surface area contributed by atoms with Gasteiger partial charge in [0.1, 0.15) is 5.75 Å². The molecule has 0 saturated heterocycles. The van der Waals surface area contributed by atoms with Crippen molar-refractivity contribution < 1.29 is 17.9 Å². The molecule has 0 fully saturated rings. The molecule has 0 aliphatic carbocycles. The van der Waals surface area contributed by atoms with Crippen molar-refractivity contribution in [1.82, 2.24) is 5.43 Å². The fraction of sp³-hybridized carbons (Fsp3) is 0.0714. The van der Waals surface area contributed by atoms with Gasteiger partial charge in [0, 0.05) is 21.0 Å². The SMILES string of the molecule is COc1ccc(NS(=O)(=O)c2cccc(C(=O)N/N=C(/C)c3ccc4c(c3)Nc3ccccc3S4)c2)cc1. The van der Waals surface area contributed by atoms with Crippen LogP contribution >= 0.6 is 11.8 Å². The van der Waals surface area contributed by atoms with Gasteiger partial charge in [-0.15, -0.1) is 0 Å². The first kappa shape index (κ1) is 25.4. The monoisotopic (exact) mass is 544 g/mol. The summed E-state index contributed by atoms with van der Waals surface area (Å²) in [5.41, 5.74) is 6.53. The predicted molar refractivity (Wildman–Crippen MR) is 150 cm³/mol. The smallest absolute Gasteiger partial charge is 0.271 e. The number of anilines is 3. The number of rotatable bonds is 7. The van der Waals surface area contributed by atoms with E-state index >= 15 is 0 Å². The van der Waals surface area contributed by atoms with Gasteiger partial charge >= 0.3 is 0 Å². The molecule has 1 amide bonds. The van der Waals surface area contributed by atoms with Gasteiger partial charge in [-0.2, -0.15) is 5.10 Å². The summed E-state index contributed by atoms with van der Waals surface area (Å²) in [6, 6.07) is 26.3. The third kappa shape index (κ3) is 5.51. The molecule has 0 spiro atoms. The number of fused-ring (bicyclic) bond motifs is 2. The van der Waals surface area contributed by atoms with E-state index in [1.165, 1.54) is 31.4 Å². The lowest BCUT2D eigenvalue weighted by Crippen LogP contribution is -2.20. The summed E-state index contributed by atoms with van der Waals surface area (Å²) in [4.78, 5) is 15.0. The third-order valence-electron chi connectivity index (χ3n) is 5.85. The quantitative estimate of drug-likeness (QED) is 0.175. The molecule has 1 aliphatic rings. The lowest BCUT2D eigenvalue weighted by molar-refractivity contribution is 0.0954. The van der Waals surface area contributed by atoms with Crippen molar-refractivity contribution in [3.8, 4) is 5.75 Å². The van der Waals surface area contributed by atoms with Crippen molar-refractivity contribution in [1.29, 1.82) is 0 Å². The minimum atomic E-state index is -3.91. The highest BCUT2D eigenvalue weighted by atomic mass is 32.2. The summed E-state index contributed by atoms with van der Waals surface area (Å²) in [5.74, 6) is 0.0877. The second kappa shape index (κ2) is 10.6. The number of hydrogen-bond donors (Lipinski definition) is 3. The van der Waals surface area contributed by atoms with Crippen molar-refractivity contribution in [3.63, 3.8) is 0 Å². The first-order valence-electron chi connectivity index (χ1n) is 11.6. The molecule has 10 heteroatoms. The lowest BCUT2D eigenvalue weighted by Gasteiger charge is -2.21. The Hall–Kier alpha value is -4.28. The van der Waals surface area contributed by atoms with E-state index in [0.717, 1.165) is 26.7 Å². The van der Waals surface area contributed by atoms with Crippen LogP contribution in [0.15, 0.2) is 111 Å². The van der Waals surface area contributed by atoms with Crippen LogP contribution in [0.4, 0.5) is 17.1 Å². The Bertz CT molecular complexity index is 1650. The molecule has 0 unspecified atom stereocenters. The molecule has 0 bridgehead atoms. The fourth-order valence-corrected chi connectivity index (χ4v) is 5.88. The van der Waals surface area contributed by atoms with Crippen LogP contribution in [-0.4, -0.2) is 27.1 Å². The van der Waals surface area contributed by atoms with Gasteiger partial charge in [0.25, 0.3) is 15.9 Å². The summed E-state index contributed by atoms with van der Waals surface area (Å²) in [6.07, 6.45) is 0. The molecule has 38 heavy (non-hydrogen) atoms. The van der Waals surface area contributed by atoms with Crippen molar-refractivity contribution in [2.75, 3.05) is 17.1 Å². The van der Waals surface area contributed by atoms with Gasteiger partial charge < -0.3 is 10.1 Å². The van der Waals surface area contributed by atoms with E-state index < -0.39 is 15.9 Å². The maximum absolute atomic E-state index is 12.9. The molecule has 0 radical (unpaired) electrons. The van der Waals surface area contributed by atoms with E-state index in [-0.39, 0.29) is 10.5 Å². The first-order valence-corrected chi connectivity index (χ1v) is 13.9. The van der Waals surface area contributed by atoms with Gasteiger partial charge in [0.2, 0.25) is 0 Å². The number of methoxy groups -OCH3 is 1. The number of ether oxygens (including phenoxy) is 1. The van der Waals surface area contributed by atoms with Crippen LogP contribution in [0.5, 0.6) is 5.75 Å². The zero-order valence-electron chi connectivity index (χ0n) is 20.6. The number of nitrogens with zero attached hydrogens (tertiary/aromatic N) is 1. The number of hydrazone groups is 1. The summed E-state index contributed by atoms with van der Waals surface area (Å²) >= 11 is 1.69. The molecule has 1 aliphatic heterocycles. The van der Waals surface area contributed by atoms with Crippen molar-refractivity contribution in [2.45, 2.75) is 21.6 Å². The molecule has 3 N–H and O–H groups in total. The largest absolute Gasteiger partial charge is 0.497 e. The number of carbonyl (C=O) groups excluding carboxylic acids is 1. The minimum Gasteiger partial charge on any atom is -0.497 e. The highest BCUT2D eigenvalue weighted by molar-refractivity contribution is 7.99. The zero-order chi connectivity index (χ0) is 26.7. The van der Waals surface area contributed by atoms with Crippen LogP contribution < -0.4 is 20.2 Å². The number of amides is 1. The maximum Gasteiger partial charge on any atom is 0.271 e. The Morgan fingerprint density at radius 3 is 2.42 bits per heavy atom. The molecule has 4 aromatic rings. The standard InChI is InChI=1S/C28H24N4O4S2/c1-18(19-10-15-27-25(17-19)29-24-8-3-4-9-26(24)37-27)30-31-28(33)20-6-5-7-23(16-20)38(34,35)32-21-11-13-22(36-2)14-12-21/h3-17,29,32H,1-2H3,(H,31,33)/b30-18-. The molecule has 0 aromatic heterocycles. The predicted octanol–water partition coefficient (Wildman–Crippen LogP) is 5.86. The second-order valence-corrected chi connectivity index (χ2v) is 11.2. The first-order chi connectivity index (χ1) is 18.3. The van der Waals surface area contributed by atoms with Crippen LogP contribution in [0, 0.1) is 0 Å². The van der Waals surface area contributed by atoms with Crippen LogP contribution in [0.1, 0.15) is 22.8 Å². The molecular formula is C28H24N4O4S2. The van der Waals surface area contributed by atoms with Crippen LogP contribution in [0.3, 0.4) is 0 Å². The highest BCUT2D eigenvalue weighted by Gasteiger charge is 2.18. The van der Waals surface area contributed by atoms with Gasteiger partial charge in [-0.1, -0.05) is 36.0 Å². The number of benzene rings is 4. The number of nitrogens with one attached hydrogen (secondary N) is 3. The zero-order valence-corrected chi connectivity index (χ0v) is 22.2. The molecule has 8 nitrogen and oxygen atoms in total. The average molecular weight is 545 g/mol. The van der Waals surface area contributed by atoms with Gasteiger partial charge in [-0.05, 0) is 79.2 Å². The normalized spacial score (nSPS) is 12.5. The fourth-order valence-electron chi connectivity index (χ4n) is 3.81. The molecular weight excluding hydrogens is 520 g/mol. The van der Waals surface area contributed by atoms with E-state index in [4.69, 9.17) is 4.74 Å². The van der Waals surface area contributed by atoms with E-state index in [1.54, 1.807) is 43.0 Å². The number of carbonyl (C=O) groups is 1. The Morgan fingerprint density at radius 2 is 1.63 bits per heavy atom. The molecule has 0 atom stereocenters. The Labute approximate surface area is 225 Å². The summed E-state index contributed by atoms with van der Waals surface area (Å²) in [7, 11) is -2.38. The summed E-state index contributed by atoms with van der Waals surface area (Å²) in [6.45, 7) is 1.80. The third-order valence-corrected chi connectivity index (χ3v) is 8.38. The number of hydrogen-bond acceptors (Lipinski definition) is 7. The Kier molecular flexibility index (Phi) is 7.08. The van der Waals surface area contributed by atoms with Crippen molar-refractivity contribution in [2.24, 2.45) is 5.10 Å². The second-order valence-electron chi connectivity index (χ2n) is 8.43. The van der Waals surface area contributed by atoms with Crippen LogP contribution in [0.25, 0.3) is 0 Å². The lowest BCUT2D eigenvalue weighted by atomic mass is 10.1. The number of sulfonamides is 1. The summed E-state index contributed by atoms with van der Waals surface area (Å²) < 4.78 is 33.3.